The van der Waals surface area contributed by atoms with Gasteiger partial charge in [0.25, 0.3) is 0 Å². The summed E-state index contributed by atoms with van der Waals surface area (Å²) in [5.41, 5.74) is 18.5. The van der Waals surface area contributed by atoms with E-state index >= 15 is 0 Å². The average molecular weight is 282 g/mol. The Balaban J connectivity index is 2.13. The molecule has 0 fully saturated rings. The number of nitrogens with two attached hydrogens (primary N) is 3. The van der Waals surface area contributed by atoms with E-state index in [1.54, 1.807) is 12.1 Å². The molecule has 6 N–H and O–H groups in total. The molecule has 0 radical (unpaired) electrons. The van der Waals surface area contributed by atoms with Gasteiger partial charge in [-0.3, -0.25) is 0 Å². The standard InChI is InChI=1S/C11H12ClN5S/c12-8-2-1-7(13)3-6(8)5-18-11-16-9(14)4-10(15)17-11/h1-4H,5,13H2,(H4,14,15,16,17). The molecule has 0 aliphatic heterocycles. The van der Waals surface area contributed by atoms with Crippen molar-refractivity contribution in [2.24, 2.45) is 0 Å². The predicted molar refractivity (Wildman–Crippen MR) is 76.3 cm³/mol. The van der Waals surface area contributed by atoms with E-state index in [1.807, 2.05) is 6.07 Å². The molecule has 7 heteroatoms. The van der Waals surface area contributed by atoms with Gasteiger partial charge in [0.05, 0.1) is 0 Å². The van der Waals surface area contributed by atoms with Crippen LogP contribution in [0.3, 0.4) is 0 Å². The smallest absolute Gasteiger partial charge is 0.191 e. The first-order chi connectivity index (χ1) is 8.54. The number of thioether (sulfide) groups is 1. The molecule has 0 unspecified atom stereocenters. The van der Waals surface area contributed by atoms with Crippen molar-refractivity contribution >= 4 is 40.7 Å². The van der Waals surface area contributed by atoms with E-state index < -0.39 is 0 Å². The van der Waals surface area contributed by atoms with Crippen molar-refractivity contribution in [1.29, 1.82) is 0 Å². The zero-order chi connectivity index (χ0) is 13.1. The first-order valence-corrected chi connectivity index (χ1v) is 6.47. The highest BCUT2D eigenvalue weighted by atomic mass is 35.5. The molecule has 0 aliphatic rings. The summed E-state index contributed by atoms with van der Waals surface area (Å²) in [5, 5.41) is 1.18. The molecule has 2 rings (SSSR count). The molecule has 2 aromatic rings. The highest BCUT2D eigenvalue weighted by Gasteiger charge is 2.05. The van der Waals surface area contributed by atoms with Crippen LogP contribution in [0, 0.1) is 0 Å². The largest absolute Gasteiger partial charge is 0.399 e. The topological polar surface area (TPSA) is 104 Å². The summed E-state index contributed by atoms with van der Waals surface area (Å²) in [6.07, 6.45) is 0. The quantitative estimate of drug-likeness (QED) is 0.452. The molecule has 0 saturated heterocycles. The van der Waals surface area contributed by atoms with Gasteiger partial charge in [0.1, 0.15) is 11.6 Å². The Morgan fingerprint density at radius 2 is 1.72 bits per heavy atom. The number of nitrogen functional groups attached to an aromatic ring is 3. The second-order valence-electron chi connectivity index (χ2n) is 3.64. The van der Waals surface area contributed by atoms with Crippen LogP contribution >= 0.6 is 23.4 Å². The molecule has 1 aromatic carbocycles. The lowest BCUT2D eigenvalue weighted by atomic mass is 10.2. The van der Waals surface area contributed by atoms with Gasteiger partial charge in [0.15, 0.2) is 5.16 Å². The second-order valence-corrected chi connectivity index (χ2v) is 4.99. The minimum absolute atomic E-state index is 0.351. The highest BCUT2D eigenvalue weighted by Crippen LogP contribution is 2.27. The Bertz CT molecular complexity index is 555. The Morgan fingerprint density at radius 1 is 1.06 bits per heavy atom. The SMILES string of the molecule is Nc1ccc(Cl)c(CSc2nc(N)cc(N)n2)c1. The third-order valence-electron chi connectivity index (χ3n) is 2.17. The Labute approximate surface area is 114 Å². The lowest BCUT2D eigenvalue weighted by Gasteiger charge is -2.05. The number of hydrogen-bond donors (Lipinski definition) is 3. The number of benzene rings is 1. The maximum atomic E-state index is 6.07. The van der Waals surface area contributed by atoms with Crippen LogP contribution in [0.4, 0.5) is 17.3 Å². The van der Waals surface area contributed by atoms with Crippen LogP contribution in [0.25, 0.3) is 0 Å². The highest BCUT2D eigenvalue weighted by molar-refractivity contribution is 7.98. The summed E-state index contributed by atoms with van der Waals surface area (Å²) < 4.78 is 0. The van der Waals surface area contributed by atoms with Crippen LogP contribution in [-0.4, -0.2) is 9.97 Å². The van der Waals surface area contributed by atoms with E-state index in [9.17, 15) is 0 Å². The van der Waals surface area contributed by atoms with Gasteiger partial charge in [-0.15, -0.1) is 0 Å². The summed E-state index contributed by atoms with van der Waals surface area (Å²) >= 11 is 7.47. The number of halogens is 1. The predicted octanol–water partition coefficient (Wildman–Crippen LogP) is 2.17. The van der Waals surface area contributed by atoms with Crippen LogP contribution in [0.5, 0.6) is 0 Å². The second kappa shape index (κ2) is 5.32. The maximum absolute atomic E-state index is 6.07. The molecule has 94 valence electrons. The van der Waals surface area contributed by atoms with Crippen molar-refractivity contribution < 1.29 is 0 Å². The van der Waals surface area contributed by atoms with E-state index in [0.29, 0.717) is 33.3 Å². The molecular formula is C11H12ClN5S. The third-order valence-corrected chi connectivity index (χ3v) is 3.44. The van der Waals surface area contributed by atoms with Crippen LogP contribution in [0.2, 0.25) is 5.02 Å². The minimum Gasteiger partial charge on any atom is -0.399 e. The minimum atomic E-state index is 0.351. The fourth-order valence-electron chi connectivity index (χ4n) is 1.37. The van der Waals surface area contributed by atoms with Crippen LogP contribution in [0.1, 0.15) is 5.56 Å². The summed E-state index contributed by atoms with van der Waals surface area (Å²) in [7, 11) is 0. The van der Waals surface area contributed by atoms with Crippen LogP contribution in [-0.2, 0) is 5.75 Å². The van der Waals surface area contributed by atoms with Gasteiger partial charge in [-0.2, -0.15) is 0 Å². The number of anilines is 3. The first-order valence-electron chi connectivity index (χ1n) is 5.11. The third kappa shape index (κ3) is 3.18. The molecule has 5 nitrogen and oxygen atoms in total. The van der Waals surface area contributed by atoms with Crippen LogP contribution < -0.4 is 17.2 Å². The lowest BCUT2D eigenvalue weighted by molar-refractivity contribution is 0.984. The Kier molecular flexibility index (Phi) is 3.78. The van der Waals surface area contributed by atoms with E-state index in [0.717, 1.165) is 5.56 Å². The monoisotopic (exact) mass is 281 g/mol. The molecule has 0 amide bonds. The molecule has 18 heavy (non-hydrogen) atoms. The first kappa shape index (κ1) is 12.8. The van der Waals surface area contributed by atoms with E-state index in [1.165, 1.54) is 17.8 Å². The van der Waals surface area contributed by atoms with Crippen molar-refractivity contribution in [3.05, 3.63) is 34.9 Å². The molecule has 0 bridgehead atoms. The van der Waals surface area contributed by atoms with E-state index in [2.05, 4.69) is 9.97 Å². The molecule has 0 atom stereocenters. The Morgan fingerprint density at radius 3 is 2.39 bits per heavy atom. The fourth-order valence-corrected chi connectivity index (χ4v) is 2.50. The molecular weight excluding hydrogens is 270 g/mol. The summed E-state index contributed by atoms with van der Waals surface area (Å²) in [5.74, 6) is 1.31. The molecule has 1 heterocycles. The van der Waals surface area contributed by atoms with Gasteiger partial charge < -0.3 is 17.2 Å². The fraction of sp³-hybridized carbons (Fsp3) is 0.0909. The van der Waals surface area contributed by atoms with Gasteiger partial charge >= 0.3 is 0 Å². The van der Waals surface area contributed by atoms with Crippen molar-refractivity contribution in [2.45, 2.75) is 10.9 Å². The van der Waals surface area contributed by atoms with Gasteiger partial charge in [0, 0.05) is 22.5 Å². The molecule has 0 aliphatic carbocycles. The van der Waals surface area contributed by atoms with E-state index in [-0.39, 0.29) is 0 Å². The molecule has 0 spiro atoms. The number of nitrogens with zero attached hydrogens (tertiary/aromatic N) is 2. The Hall–Kier alpha value is -1.66. The van der Waals surface area contributed by atoms with Crippen LogP contribution in [0.15, 0.2) is 29.4 Å². The van der Waals surface area contributed by atoms with Gasteiger partial charge in [0.2, 0.25) is 0 Å². The molecule has 0 saturated carbocycles. The summed E-state index contributed by atoms with van der Waals surface area (Å²) in [6.45, 7) is 0. The number of aromatic nitrogens is 2. The number of rotatable bonds is 3. The van der Waals surface area contributed by atoms with Gasteiger partial charge in [-0.05, 0) is 23.8 Å². The van der Waals surface area contributed by atoms with Crippen molar-refractivity contribution in [3.8, 4) is 0 Å². The van der Waals surface area contributed by atoms with Gasteiger partial charge in [-0.25, -0.2) is 9.97 Å². The van der Waals surface area contributed by atoms with Crippen molar-refractivity contribution in [1.82, 2.24) is 9.97 Å². The summed E-state index contributed by atoms with van der Waals surface area (Å²) in [4.78, 5) is 8.15. The molecule has 1 aromatic heterocycles. The zero-order valence-electron chi connectivity index (χ0n) is 9.43. The number of hydrogen-bond acceptors (Lipinski definition) is 6. The lowest BCUT2D eigenvalue weighted by Crippen LogP contribution is -1.99. The average Bonchev–Trinajstić information content (AvgIpc) is 2.29. The summed E-state index contributed by atoms with van der Waals surface area (Å²) in [6, 6.07) is 6.86. The van der Waals surface area contributed by atoms with Gasteiger partial charge in [-0.1, -0.05) is 23.4 Å². The van der Waals surface area contributed by atoms with E-state index in [4.69, 9.17) is 28.8 Å². The normalized spacial score (nSPS) is 10.5. The van der Waals surface area contributed by atoms with Crippen molar-refractivity contribution in [2.75, 3.05) is 17.2 Å². The van der Waals surface area contributed by atoms with Crippen molar-refractivity contribution in [3.63, 3.8) is 0 Å². The maximum Gasteiger partial charge on any atom is 0.191 e. The zero-order valence-corrected chi connectivity index (χ0v) is 11.0.